The predicted octanol–water partition coefficient (Wildman–Crippen LogP) is 5.65. The van der Waals surface area contributed by atoms with Crippen molar-refractivity contribution in [2.24, 2.45) is 0 Å². The molecule has 0 fully saturated rings. The highest BCUT2D eigenvalue weighted by Gasteiger charge is 2.12. The Balaban J connectivity index is 2.06. The second kappa shape index (κ2) is 7.30. The Bertz CT molecular complexity index is 545. The van der Waals surface area contributed by atoms with Crippen molar-refractivity contribution in [1.29, 1.82) is 0 Å². The zero-order chi connectivity index (χ0) is 13.7. The Kier molecular flexibility index (Phi) is 5.71. The highest BCUT2D eigenvalue weighted by molar-refractivity contribution is 9.09. The van der Waals surface area contributed by atoms with E-state index in [4.69, 9.17) is 27.9 Å². The summed E-state index contributed by atoms with van der Waals surface area (Å²) in [5, 5.41) is 2.14. The van der Waals surface area contributed by atoms with E-state index >= 15 is 0 Å². The molecular formula is C15H13BrCl2O. The second-order valence-electron chi connectivity index (χ2n) is 4.10. The SMILES string of the molecule is Clc1cccc(C(CBr)OCc2ccccc2Cl)c1. The van der Waals surface area contributed by atoms with Gasteiger partial charge in [-0.2, -0.15) is 0 Å². The van der Waals surface area contributed by atoms with Crippen molar-refractivity contribution in [2.75, 3.05) is 5.33 Å². The predicted molar refractivity (Wildman–Crippen MR) is 84.2 cm³/mol. The molecule has 0 N–H and O–H groups in total. The van der Waals surface area contributed by atoms with Crippen LogP contribution < -0.4 is 0 Å². The van der Waals surface area contributed by atoms with E-state index in [9.17, 15) is 0 Å². The zero-order valence-corrected chi connectivity index (χ0v) is 13.3. The summed E-state index contributed by atoms with van der Waals surface area (Å²) in [5.41, 5.74) is 2.04. The molecule has 100 valence electrons. The summed E-state index contributed by atoms with van der Waals surface area (Å²) in [6, 6.07) is 15.4. The Morgan fingerprint density at radius 3 is 2.53 bits per heavy atom. The molecule has 0 saturated carbocycles. The third-order valence-corrected chi connectivity index (χ3v) is 3.95. The third-order valence-electron chi connectivity index (χ3n) is 2.76. The molecule has 0 aliphatic heterocycles. The highest BCUT2D eigenvalue weighted by atomic mass is 79.9. The molecule has 0 heterocycles. The second-order valence-corrected chi connectivity index (χ2v) is 5.59. The third kappa shape index (κ3) is 4.22. The molecule has 0 aliphatic rings. The number of hydrogen-bond donors (Lipinski definition) is 0. The molecule has 0 radical (unpaired) electrons. The van der Waals surface area contributed by atoms with Gasteiger partial charge >= 0.3 is 0 Å². The fourth-order valence-corrected chi connectivity index (χ4v) is 2.69. The van der Waals surface area contributed by atoms with Gasteiger partial charge in [-0.1, -0.05) is 69.5 Å². The van der Waals surface area contributed by atoms with Crippen LogP contribution in [0.15, 0.2) is 48.5 Å². The molecule has 2 rings (SSSR count). The van der Waals surface area contributed by atoms with Crippen LogP contribution in [0.3, 0.4) is 0 Å². The molecule has 0 aliphatic carbocycles. The Hall–Kier alpha value is -0.540. The summed E-state index contributed by atoms with van der Waals surface area (Å²) in [5.74, 6) is 0. The molecule has 0 aromatic heterocycles. The van der Waals surface area contributed by atoms with Crippen LogP contribution in [0, 0.1) is 0 Å². The maximum Gasteiger partial charge on any atom is 0.0926 e. The summed E-state index contributed by atoms with van der Waals surface area (Å²) in [7, 11) is 0. The van der Waals surface area contributed by atoms with Crippen molar-refractivity contribution >= 4 is 39.1 Å². The van der Waals surface area contributed by atoms with Crippen molar-refractivity contribution in [3.8, 4) is 0 Å². The molecule has 1 nitrogen and oxygen atoms in total. The Morgan fingerprint density at radius 2 is 1.84 bits per heavy atom. The van der Waals surface area contributed by atoms with E-state index in [1.165, 1.54) is 0 Å². The van der Waals surface area contributed by atoms with E-state index < -0.39 is 0 Å². The van der Waals surface area contributed by atoms with Crippen molar-refractivity contribution in [3.05, 3.63) is 69.7 Å². The van der Waals surface area contributed by atoms with Crippen LogP contribution >= 0.6 is 39.1 Å². The molecule has 0 saturated heterocycles. The maximum absolute atomic E-state index is 6.11. The van der Waals surface area contributed by atoms with Gasteiger partial charge in [-0.25, -0.2) is 0 Å². The highest BCUT2D eigenvalue weighted by Crippen LogP contribution is 2.25. The van der Waals surface area contributed by atoms with Crippen molar-refractivity contribution in [1.82, 2.24) is 0 Å². The van der Waals surface area contributed by atoms with Crippen LogP contribution in [0.25, 0.3) is 0 Å². The van der Waals surface area contributed by atoms with Gasteiger partial charge in [0.1, 0.15) is 0 Å². The van der Waals surface area contributed by atoms with Gasteiger partial charge in [0.25, 0.3) is 0 Å². The summed E-state index contributed by atoms with van der Waals surface area (Å²) in [4.78, 5) is 0. The van der Waals surface area contributed by atoms with Gasteiger partial charge in [0.2, 0.25) is 0 Å². The first kappa shape index (κ1) is 14.9. The standard InChI is InChI=1S/C15H13BrCl2O/c16-9-15(11-5-3-6-13(17)8-11)19-10-12-4-1-2-7-14(12)18/h1-8,15H,9-10H2. The minimum atomic E-state index is -0.0463. The van der Waals surface area contributed by atoms with Crippen LogP contribution in [0.4, 0.5) is 0 Å². The first-order valence-corrected chi connectivity index (χ1v) is 7.75. The smallest absolute Gasteiger partial charge is 0.0926 e. The molecule has 1 unspecified atom stereocenters. The van der Waals surface area contributed by atoms with Gasteiger partial charge in [0.05, 0.1) is 12.7 Å². The first-order chi connectivity index (χ1) is 9.20. The summed E-state index contributed by atoms with van der Waals surface area (Å²) < 4.78 is 5.91. The Labute approximate surface area is 131 Å². The van der Waals surface area contributed by atoms with Crippen molar-refractivity contribution < 1.29 is 4.74 Å². The largest absolute Gasteiger partial charge is 0.368 e. The lowest BCUT2D eigenvalue weighted by Crippen LogP contribution is -2.06. The number of ether oxygens (including phenoxy) is 1. The number of halogens is 3. The quantitative estimate of drug-likeness (QED) is 0.627. The summed E-state index contributed by atoms with van der Waals surface area (Å²) in [6.45, 7) is 0.475. The van der Waals surface area contributed by atoms with Gasteiger partial charge < -0.3 is 4.74 Å². The van der Waals surface area contributed by atoms with Gasteiger partial charge in [0.15, 0.2) is 0 Å². The molecular weight excluding hydrogens is 347 g/mol. The van der Waals surface area contributed by atoms with Crippen molar-refractivity contribution in [2.45, 2.75) is 12.7 Å². The summed E-state index contributed by atoms with van der Waals surface area (Å²) >= 11 is 15.6. The minimum absolute atomic E-state index is 0.0463. The minimum Gasteiger partial charge on any atom is -0.368 e. The molecule has 0 amide bonds. The summed E-state index contributed by atoms with van der Waals surface area (Å²) in [6.07, 6.45) is -0.0463. The van der Waals surface area contributed by atoms with E-state index in [1.807, 2.05) is 48.5 Å². The van der Waals surface area contributed by atoms with E-state index in [1.54, 1.807) is 0 Å². The molecule has 2 aromatic rings. The zero-order valence-electron chi connectivity index (χ0n) is 10.2. The van der Waals surface area contributed by atoms with Crippen molar-refractivity contribution in [3.63, 3.8) is 0 Å². The van der Waals surface area contributed by atoms with Gasteiger partial charge in [-0.05, 0) is 29.3 Å². The monoisotopic (exact) mass is 358 g/mol. The molecule has 1 atom stereocenters. The molecule has 4 heteroatoms. The van der Waals surface area contributed by atoms with Gasteiger partial charge in [0, 0.05) is 15.4 Å². The fourth-order valence-electron chi connectivity index (χ4n) is 1.74. The topological polar surface area (TPSA) is 9.23 Å². The molecule has 19 heavy (non-hydrogen) atoms. The maximum atomic E-state index is 6.11. The van der Waals surface area contributed by atoms with Crippen LogP contribution in [0.5, 0.6) is 0 Å². The average Bonchev–Trinajstić information content (AvgIpc) is 2.41. The van der Waals surface area contributed by atoms with Crippen LogP contribution in [-0.2, 0) is 11.3 Å². The van der Waals surface area contributed by atoms with E-state index in [0.29, 0.717) is 17.0 Å². The lowest BCUT2D eigenvalue weighted by atomic mass is 10.1. The van der Waals surface area contributed by atoms with Crippen LogP contribution in [0.1, 0.15) is 17.2 Å². The van der Waals surface area contributed by atoms with Gasteiger partial charge in [-0.15, -0.1) is 0 Å². The molecule has 2 aromatic carbocycles. The van der Waals surface area contributed by atoms with E-state index in [2.05, 4.69) is 15.9 Å². The number of hydrogen-bond acceptors (Lipinski definition) is 1. The van der Waals surface area contributed by atoms with Gasteiger partial charge in [-0.3, -0.25) is 0 Å². The lowest BCUT2D eigenvalue weighted by Gasteiger charge is -2.16. The lowest BCUT2D eigenvalue weighted by molar-refractivity contribution is 0.0566. The molecule has 0 spiro atoms. The first-order valence-electron chi connectivity index (χ1n) is 5.87. The Morgan fingerprint density at radius 1 is 1.05 bits per heavy atom. The van der Waals surface area contributed by atoms with E-state index in [-0.39, 0.29) is 6.10 Å². The number of benzene rings is 2. The normalized spacial score (nSPS) is 12.4. The van der Waals surface area contributed by atoms with Crippen LogP contribution in [-0.4, -0.2) is 5.33 Å². The average molecular weight is 360 g/mol. The van der Waals surface area contributed by atoms with Crippen LogP contribution in [0.2, 0.25) is 10.0 Å². The van der Waals surface area contributed by atoms with E-state index in [0.717, 1.165) is 16.1 Å². The number of alkyl halides is 1. The fraction of sp³-hybridized carbons (Fsp3) is 0.200. The molecule has 0 bridgehead atoms. The number of rotatable bonds is 5.